The van der Waals surface area contributed by atoms with Gasteiger partial charge in [-0.3, -0.25) is 4.55 Å². The normalized spacial score (nSPS) is 17.7. The molecule has 10 heteroatoms. The van der Waals surface area contributed by atoms with Gasteiger partial charge in [0.25, 0.3) is 10.1 Å². The van der Waals surface area contributed by atoms with E-state index in [1.807, 2.05) is 48.5 Å². The fraction of sp³-hybridized carbons (Fsp3) is 0.281. The molecule has 8 nitrogen and oxygen atoms in total. The third kappa shape index (κ3) is 8.49. The second-order valence-electron chi connectivity index (χ2n) is 19.1. The highest BCUT2D eigenvalue weighted by atomic mass is 32.2. The van der Waals surface area contributed by atoms with Crippen molar-refractivity contribution in [2.45, 2.75) is 77.6 Å². The van der Waals surface area contributed by atoms with Gasteiger partial charge >= 0.3 is 0 Å². The Morgan fingerprint density at radius 1 is 0.657 bits per heavy atom. The number of rotatable bonds is 15. The average Bonchev–Trinajstić information content (AvgIpc) is 3.80. The van der Waals surface area contributed by atoms with Gasteiger partial charge < -0.3 is 4.90 Å². The lowest BCUT2D eigenvalue weighted by molar-refractivity contribution is -0.438. The summed E-state index contributed by atoms with van der Waals surface area (Å²) in [6.45, 7) is 12.7. The van der Waals surface area contributed by atoms with Crippen LogP contribution in [-0.2, 0) is 31.0 Å². The molecule has 0 atom stereocenters. The van der Waals surface area contributed by atoms with Crippen LogP contribution in [-0.4, -0.2) is 56.8 Å². The fourth-order valence-corrected chi connectivity index (χ4v) is 12.5. The number of allylic oxidation sites excluding steroid dienone is 7. The summed E-state index contributed by atoms with van der Waals surface area (Å²) in [6.07, 6.45) is 14.0. The summed E-state index contributed by atoms with van der Waals surface area (Å²) in [5.41, 5.74) is 10.5. The molecule has 0 bridgehead atoms. The lowest BCUT2D eigenvalue weighted by Crippen LogP contribution is -2.30. The van der Waals surface area contributed by atoms with E-state index in [0.717, 1.165) is 75.9 Å². The van der Waals surface area contributed by atoms with E-state index in [0.29, 0.717) is 30.8 Å². The van der Waals surface area contributed by atoms with Crippen LogP contribution in [0.25, 0.3) is 32.7 Å². The molecule has 0 saturated heterocycles. The van der Waals surface area contributed by atoms with Crippen molar-refractivity contribution >= 4 is 75.6 Å². The minimum Gasteiger partial charge on any atom is -0.344 e. The monoisotopic (exact) mass is 930 g/mol. The number of hydrogen-bond acceptors (Lipinski definition) is 5. The Morgan fingerprint density at radius 2 is 1.28 bits per heavy atom. The lowest BCUT2D eigenvalue weighted by atomic mass is 9.79. The van der Waals surface area contributed by atoms with E-state index in [1.165, 1.54) is 38.1 Å². The van der Waals surface area contributed by atoms with Crippen molar-refractivity contribution in [1.29, 1.82) is 0 Å². The van der Waals surface area contributed by atoms with Gasteiger partial charge in [-0.2, -0.15) is 13.0 Å². The molecule has 2 heterocycles. The maximum Gasteiger partial charge on any atom is 0.264 e. The number of fused-ring (bicyclic) bond motifs is 7. The Balaban J connectivity index is 1.26. The van der Waals surface area contributed by atoms with E-state index >= 15 is 0 Å². The van der Waals surface area contributed by atoms with Gasteiger partial charge in [-0.15, -0.1) is 0 Å². The van der Waals surface area contributed by atoms with Crippen molar-refractivity contribution in [1.82, 2.24) is 0 Å². The van der Waals surface area contributed by atoms with Crippen LogP contribution in [0.15, 0.2) is 163 Å². The first-order chi connectivity index (χ1) is 32.0. The van der Waals surface area contributed by atoms with Crippen LogP contribution >= 0.6 is 0 Å². The number of para-hydroxylation sites is 1. The molecule has 0 amide bonds. The zero-order chi connectivity index (χ0) is 47.3. The highest BCUT2D eigenvalue weighted by Crippen LogP contribution is 2.52. The SMILES string of the molecule is CCCCC[N+]1=C(/C=C/C2=C(N(c3ccccc3)S(C)(=O)=O)C(=C/C=C3/N(CCCCS(=O)(=O)O)c4ccc5ccccc5c4C3(C)C)/c3ccccc32)C(C)(C)c2c1ccc1ccccc21. The molecule has 67 heavy (non-hydrogen) atoms. The van der Waals surface area contributed by atoms with Crippen LogP contribution in [0.5, 0.6) is 0 Å². The summed E-state index contributed by atoms with van der Waals surface area (Å²) in [6, 6.07) is 43.2. The first-order valence-electron chi connectivity index (χ1n) is 23.4. The van der Waals surface area contributed by atoms with Crippen LogP contribution in [0, 0.1) is 0 Å². The Bertz CT molecular complexity index is 3320. The van der Waals surface area contributed by atoms with Crippen molar-refractivity contribution in [2.75, 3.05) is 34.3 Å². The molecular formula is C57H60N3O5S2+. The zero-order valence-electron chi connectivity index (χ0n) is 39.3. The third-order valence-corrected chi connectivity index (χ3v) is 15.7. The van der Waals surface area contributed by atoms with Crippen molar-refractivity contribution in [2.24, 2.45) is 0 Å². The van der Waals surface area contributed by atoms with Crippen molar-refractivity contribution in [3.63, 3.8) is 0 Å². The number of unbranched alkanes of at least 4 members (excludes halogenated alkanes) is 3. The van der Waals surface area contributed by atoms with Gasteiger partial charge in [-0.25, -0.2) is 12.7 Å². The fourth-order valence-electron chi connectivity index (χ4n) is 10.9. The summed E-state index contributed by atoms with van der Waals surface area (Å²) in [7, 11) is -8.03. The molecule has 3 aliphatic rings. The number of sulfonamides is 1. The van der Waals surface area contributed by atoms with E-state index < -0.39 is 25.6 Å². The maximum absolute atomic E-state index is 14.4. The molecular weight excluding hydrogens is 871 g/mol. The first-order valence-corrected chi connectivity index (χ1v) is 26.9. The van der Waals surface area contributed by atoms with Crippen LogP contribution in [0.1, 0.15) is 89.0 Å². The summed E-state index contributed by atoms with van der Waals surface area (Å²) >= 11 is 0. The highest BCUT2D eigenvalue weighted by molar-refractivity contribution is 7.92. The standard InChI is InChI=1S/C57H59N3O5S2/c1-7-8-18-37-58-49-33-29-40-21-12-14-25-43(40)53(49)56(2,3)51(58)35-31-47-45-27-16-17-28-46(45)48(55(47)60(66(6,61)62)42-23-10-9-11-24-42)32-36-52-57(4,5)54-44-26-15-13-22-41(44)30-34-50(54)59(52)38-19-20-39-67(63,64)65/h9-17,21-36H,7-8,18-20,37-39H2,1-6H3/p+1. The summed E-state index contributed by atoms with van der Waals surface area (Å²) in [5.74, 6) is -0.310. The maximum atomic E-state index is 14.4. The topological polar surface area (TPSA) is 98.0 Å². The molecule has 2 aliphatic heterocycles. The van der Waals surface area contributed by atoms with Crippen molar-refractivity contribution in [3.05, 3.63) is 185 Å². The van der Waals surface area contributed by atoms with Crippen LogP contribution < -0.4 is 9.21 Å². The number of anilines is 2. The number of nitrogens with zero attached hydrogens (tertiary/aromatic N) is 3. The Morgan fingerprint density at radius 3 is 1.96 bits per heavy atom. The van der Waals surface area contributed by atoms with Gasteiger partial charge in [0.05, 0.1) is 28.8 Å². The smallest absolute Gasteiger partial charge is 0.264 e. The quantitative estimate of drug-likeness (QED) is 0.0626. The second kappa shape index (κ2) is 17.9. The second-order valence-corrected chi connectivity index (χ2v) is 22.5. The predicted molar refractivity (Wildman–Crippen MR) is 279 cm³/mol. The molecule has 0 unspecified atom stereocenters. The van der Waals surface area contributed by atoms with Crippen molar-refractivity contribution in [3.8, 4) is 0 Å². The highest BCUT2D eigenvalue weighted by Gasteiger charge is 2.46. The molecule has 0 radical (unpaired) electrons. The summed E-state index contributed by atoms with van der Waals surface area (Å²) in [5, 5.41) is 4.71. The first kappa shape index (κ1) is 46.1. The van der Waals surface area contributed by atoms with E-state index in [4.69, 9.17) is 0 Å². The third-order valence-electron chi connectivity index (χ3n) is 13.9. The van der Waals surface area contributed by atoms with Gasteiger partial charge in [-0.05, 0) is 108 Å². The van der Waals surface area contributed by atoms with Crippen molar-refractivity contribution < 1.29 is 26.0 Å². The molecule has 0 aromatic heterocycles. The van der Waals surface area contributed by atoms with Crippen LogP contribution in [0.3, 0.4) is 0 Å². The van der Waals surface area contributed by atoms with Crippen LogP contribution in [0.2, 0.25) is 0 Å². The number of hydrogen-bond donors (Lipinski definition) is 1. The molecule has 0 fully saturated rings. The Labute approximate surface area is 396 Å². The van der Waals surface area contributed by atoms with E-state index in [1.54, 1.807) is 0 Å². The van der Waals surface area contributed by atoms with Gasteiger partial charge in [0, 0.05) is 58.6 Å². The van der Waals surface area contributed by atoms with E-state index in [-0.39, 0.29) is 11.2 Å². The predicted octanol–water partition coefficient (Wildman–Crippen LogP) is 12.7. The molecule has 1 aliphatic carbocycles. The number of benzene rings is 6. The molecule has 6 aromatic rings. The largest absolute Gasteiger partial charge is 0.344 e. The average molecular weight is 931 g/mol. The summed E-state index contributed by atoms with van der Waals surface area (Å²) in [4.78, 5) is 2.27. The molecule has 1 N–H and O–H groups in total. The Kier molecular flexibility index (Phi) is 12.3. The summed E-state index contributed by atoms with van der Waals surface area (Å²) < 4.78 is 66.0. The lowest BCUT2D eigenvalue weighted by Gasteiger charge is -2.28. The molecule has 344 valence electrons. The molecule has 9 rings (SSSR count). The molecule has 0 spiro atoms. The molecule has 6 aromatic carbocycles. The van der Waals surface area contributed by atoms with Gasteiger partial charge in [0.2, 0.25) is 15.7 Å². The van der Waals surface area contributed by atoms with Gasteiger partial charge in [-0.1, -0.05) is 130 Å². The van der Waals surface area contributed by atoms with Crippen LogP contribution in [0.4, 0.5) is 17.1 Å². The van der Waals surface area contributed by atoms with Gasteiger partial charge in [0.1, 0.15) is 6.54 Å². The van der Waals surface area contributed by atoms with E-state index in [9.17, 15) is 21.4 Å². The molecule has 0 saturated carbocycles. The Hall–Kier alpha value is -6.07. The minimum absolute atomic E-state index is 0.302. The van der Waals surface area contributed by atoms with Gasteiger partial charge in [0.15, 0.2) is 5.71 Å². The minimum atomic E-state index is -4.11. The zero-order valence-corrected chi connectivity index (χ0v) is 41.0. The van der Waals surface area contributed by atoms with E-state index in [2.05, 4.69) is 147 Å².